The molecule has 1 aliphatic rings. The Hall–Kier alpha value is -2.04. The molecule has 0 aliphatic heterocycles. The predicted molar refractivity (Wildman–Crippen MR) is 100.0 cm³/mol. The molecule has 2 N–H and O–H groups in total. The number of para-hydroxylation sites is 1. The first-order valence-electron chi connectivity index (χ1n) is 8.10. The van der Waals surface area contributed by atoms with Gasteiger partial charge >= 0.3 is 11.8 Å². The van der Waals surface area contributed by atoms with Gasteiger partial charge in [0.25, 0.3) is 0 Å². The molecule has 0 saturated heterocycles. The lowest BCUT2D eigenvalue weighted by molar-refractivity contribution is -0.138. The molecule has 0 spiro atoms. The smallest absolute Gasteiger partial charge is 0.313 e. The van der Waals surface area contributed by atoms with Crippen molar-refractivity contribution in [2.24, 2.45) is 0 Å². The van der Waals surface area contributed by atoms with E-state index in [0.717, 1.165) is 24.8 Å². The fraction of sp³-hybridized carbons (Fsp3) is 0.263. The van der Waals surface area contributed by atoms with E-state index in [1.165, 1.54) is 0 Å². The zero-order chi connectivity index (χ0) is 17.9. The average Bonchev–Trinajstić information content (AvgIpc) is 2.55. The molecule has 3 rings (SSSR count). The Morgan fingerprint density at radius 3 is 2.32 bits per heavy atom. The predicted octanol–water partition coefficient (Wildman–Crippen LogP) is 4.21. The Morgan fingerprint density at radius 1 is 1.00 bits per heavy atom. The maximum Gasteiger partial charge on any atom is 0.313 e. The molecule has 0 radical (unpaired) electrons. The second kappa shape index (κ2) is 7.46. The highest BCUT2D eigenvalue weighted by atomic mass is 35.5. The largest absolute Gasteiger partial charge is 0.342 e. The fourth-order valence-corrected chi connectivity index (χ4v) is 3.46. The lowest BCUT2D eigenvalue weighted by Gasteiger charge is -2.42. The van der Waals surface area contributed by atoms with Crippen LogP contribution in [0.2, 0.25) is 10.0 Å². The maximum atomic E-state index is 12.3. The lowest BCUT2D eigenvalue weighted by atomic mass is 9.72. The van der Waals surface area contributed by atoms with Gasteiger partial charge in [-0.05, 0) is 55.5 Å². The SMILES string of the molecule is O=C(Nc1ccccc1)C(=O)NC1(Cc2ccc(Cl)cc2Cl)CCC1. The van der Waals surface area contributed by atoms with E-state index >= 15 is 0 Å². The van der Waals surface area contributed by atoms with Crippen molar-refractivity contribution in [2.75, 3.05) is 5.32 Å². The van der Waals surface area contributed by atoms with Crippen LogP contribution in [0.15, 0.2) is 48.5 Å². The van der Waals surface area contributed by atoms with Crippen LogP contribution < -0.4 is 10.6 Å². The Labute approximate surface area is 156 Å². The number of carbonyl (C=O) groups is 2. The molecule has 0 atom stereocenters. The number of carbonyl (C=O) groups excluding carboxylic acids is 2. The molecule has 1 saturated carbocycles. The van der Waals surface area contributed by atoms with Crippen LogP contribution in [0.3, 0.4) is 0 Å². The highest BCUT2D eigenvalue weighted by Crippen LogP contribution is 2.37. The molecule has 2 aromatic carbocycles. The average molecular weight is 377 g/mol. The van der Waals surface area contributed by atoms with Gasteiger partial charge < -0.3 is 10.6 Å². The molecule has 2 amide bonds. The Bertz CT molecular complexity index is 789. The number of hydrogen-bond donors (Lipinski definition) is 2. The van der Waals surface area contributed by atoms with Gasteiger partial charge in [0.15, 0.2) is 0 Å². The normalized spacial score (nSPS) is 15.1. The molecule has 1 aliphatic carbocycles. The third-order valence-electron chi connectivity index (χ3n) is 4.47. The van der Waals surface area contributed by atoms with Crippen LogP contribution >= 0.6 is 23.2 Å². The molecule has 6 heteroatoms. The number of amides is 2. The van der Waals surface area contributed by atoms with Gasteiger partial charge in [-0.3, -0.25) is 9.59 Å². The molecule has 4 nitrogen and oxygen atoms in total. The number of halogens is 2. The molecule has 0 unspecified atom stereocenters. The zero-order valence-electron chi connectivity index (χ0n) is 13.5. The monoisotopic (exact) mass is 376 g/mol. The summed E-state index contributed by atoms with van der Waals surface area (Å²) in [6.45, 7) is 0. The fourth-order valence-electron chi connectivity index (χ4n) is 2.99. The molecule has 0 aromatic heterocycles. The van der Waals surface area contributed by atoms with Crippen molar-refractivity contribution in [3.63, 3.8) is 0 Å². The number of nitrogens with one attached hydrogen (secondary N) is 2. The minimum atomic E-state index is -0.667. The number of hydrogen-bond acceptors (Lipinski definition) is 2. The van der Waals surface area contributed by atoms with E-state index in [4.69, 9.17) is 23.2 Å². The van der Waals surface area contributed by atoms with Crippen molar-refractivity contribution in [3.8, 4) is 0 Å². The van der Waals surface area contributed by atoms with Gasteiger partial charge in [0.2, 0.25) is 0 Å². The van der Waals surface area contributed by atoms with E-state index in [1.54, 1.807) is 36.4 Å². The van der Waals surface area contributed by atoms with Crippen molar-refractivity contribution in [3.05, 3.63) is 64.1 Å². The first kappa shape index (κ1) is 17.8. The van der Waals surface area contributed by atoms with Crippen molar-refractivity contribution in [1.29, 1.82) is 0 Å². The van der Waals surface area contributed by atoms with Crippen molar-refractivity contribution in [1.82, 2.24) is 5.32 Å². The Balaban J connectivity index is 1.66. The molecule has 25 heavy (non-hydrogen) atoms. The molecule has 130 valence electrons. The summed E-state index contributed by atoms with van der Waals surface area (Å²) in [6, 6.07) is 14.2. The molecule has 0 heterocycles. The first-order chi connectivity index (χ1) is 12.0. The number of anilines is 1. The summed E-state index contributed by atoms with van der Waals surface area (Å²) in [6.07, 6.45) is 3.21. The van der Waals surface area contributed by atoms with Crippen molar-refractivity contribution < 1.29 is 9.59 Å². The summed E-state index contributed by atoms with van der Waals surface area (Å²) in [7, 11) is 0. The van der Waals surface area contributed by atoms with Crippen LogP contribution in [0, 0.1) is 0 Å². The van der Waals surface area contributed by atoms with Gasteiger partial charge in [-0.25, -0.2) is 0 Å². The van der Waals surface area contributed by atoms with Crippen LogP contribution in [0.5, 0.6) is 0 Å². The van der Waals surface area contributed by atoms with Crippen LogP contribution in [-0.2, 0) is 16.0 Å². The third-order valence-corrected chi connectivity index (χ3v) is 5.06. The first-order valence-corrected chi connectivity index (χ1v) is 8.86. The number of rotatable bonds is 4. The van der Waals surface area contributed by atoms with Crippen LogP contribution in [0.25, 0.3) is 0 Å². The minimum Gasteiger partial charge on any atom is -0.342 e. The summed E-state index contributed by atoms with van der Waals surface area (Å²) in [5.74, 6) is -1.30. The van der Waals surface area contributed by atoms with Crippen molar-refractivity contribution in [2.45, 2.75) is 31.2 Å². The summed E-state index contributed by atoms with van der Waals surface area (Å²) >= 11 is 12.2. The van der Waals surface area contributed by atoms with Crippen molar-refractivity contribution >= 4 is 40.7 Å². The van der Waals surface area contributed by atoms with E-state index in [0.29, 0.717) is 22.2 Å². The van der Waals surface area contributed by atoms with Gasteiger partial charge in [0, 0.05) is 21.3 Å². The van der Waals surface area contributed by atoms with E-state index in [2.05, 4.69) is 10.6 Å². The van der Waals surface area contributed by atoms with Crippen LogP contribution in [-0.4, -0.2) is 17.4 Å². The molecular formula is C19H18Cl2N2O2. The van der Waals surface area contributed by atoms with E-state index in [-0.39, 0.29) is 0 Å². The lowest BCUT2D eigenvalue weighted by Crippen LogP contribution is -2.57. The molecular weight excluding hydrogens is 359 g/mol. The highest BCUT2D eigenvalue weighted by Gasteiger charge is 2.40. The quantitative estimate of drug-likeness (QED) is 0.785. The van der Waals surface area contributed by atoms with Gasteiger partial charge in [-0.2, -0.15) is 0 Å². The second-order valence-electron chi connectivity index (χ2n) is 6.32. The minimum absolute atomic E-state index is 0.428. The van der Waals surface area contributed by atoms with Gasteiger partial charge in [-0.15, -0.1) is 0 Å². The van der Waals surface area contributed by atoms with Gasteiger partial charge in [-0.1, -0.05) is 47.5 Å². The topological polar surface area (TPSA) is 58.2 Å². The van der Waals surface area contributed by atoms with E-state index in [9.17, 15) is 9.59 Å². The van der Waals surface area contributed by atoms with E-state index in [1.807, 2.05) is 12.1 Å². The van der Waals surface area contributed by atoms with Gasteiger partial charge in [0.1, 0.15) is 0 Å². The Kier molecular flexibility index (Phi) is 5.30. The molecule has 0 bridgehead atoms. The summed E-state index contributed by atoms with van der Waals surface area (Å²) < 4.78 is 0. The summed E-state index contributed by atoms with van der Waals surface area (Å²) in [4.78, 5) is 24.4. The maximum absolute atomic E-state index is 12.3. The van der Waals surface area contributed by atoms with Crippen LogP contribution in [0.4, 0.5) is 5.69 Å². The molecule has 1 fully saturated rings. The molecule has 2 aromatic rings. The van der Waals surface area contributed by atoms with E-state index < -0.39 is 17.4 Å². The third kappa shape index (κ3) is 4.33. The summed E-state index contributed by atoms with van der Waals surface area (Å²) in [5.41, 5.74) is 1.07. The van der Waals surface area contributed by atoms with Crippen LogP contribution in [0.1, 0.15) is 24.8 Å². The highest BCUT2D eigenvalue weighted by molar-refractivity contribution is 6.39. The second-order valence-corrected chi connectivity index (χ2v) is 7.16. The zero-order valence-corrected chi connectivity index (χ0v) is 15.0. The summed E-state index contributed by atoms with van der Waals surface area (Å²) in [5, 5.41) is 6.64. The number of benzene rings is 2. The standard InChI is InChI=1S/C19H18Cl2N2O2/c20-14-8-7-13(16(21)11-14)12-19(9-4-10-19)23-18(25)17(24)22-15-5-2-1-3-6-15/h1-3,5-8,11H,4,9-10,12H2,(H,22,24)(H,23,25). The van der Waals surface area contributed by atoms with Gasteiger partial charge in [0.05, 0.1) is 0 Å². The Morgan fingerprint density at radius 2 is 1.72 bits per heavy atom.